The molecule has 0 radical (unpaired) electrons. The summed E-state index contributed by atoms with van der Waals surface area (Å²) in [6.07, 6.45) is 5.07. The monoisotopic (exact) mass is 556 g/mol. The van der Waals surface area contributed by atoms with Crippen LogP contribution in [0.15, 0.2) is 42.7 Å². The summed E-state index contributed by atoms with van der Waals surface area (Å²) < 4.78 is 34.2. The van der Waals surface area contributed by atoms with E-state index in [9.17, 15) is 23.5 Å². The van der Waals surface area contributed by atoms with Gasteiger partial charge in [0.1, 0.15) is 11.6 Å². The zero-order chi connectivity index (χ0) is 27.9. The molecule has 1 saturated carbocycles. The summed E-state index contributed by atoms with van der Waals surface area (Å²) in [5.41, 5.74) is -1.39. The highest BCUT2D eigenvalue weighted by Gasteiger charge is 2.53. The first-order valence-electron chi connectivity index (χ1n) is 12.6. The van der Waals surface area contributed by atoms with Crippen molar-refractivity contribution in [2.45, 2.75) is 44.2 Å². The topological polar surface area (TPSA) is 105 Å². The van der Waals surface area contributed by atoms with Crippen LogP contribution in [0.25, 0.3) is 0 Å². The number of methoxy groups -OCH3 is 1. The zero-order valence-electron chi connectivity index (χ0n) is 21.4. The lowest BCUT2D eigenvalue weighted by Gasteiger charge is -2.32. The molecule has 1 aliphatic carbocycles. The highest BCUT2D eigenvalue weighted by Crippen LogP contribution is 2.46. The number of nitrogens with zero attached hydrogens (tertiary/aromatic N) is 3. The molecule has 3 heterocycles. The maximum Gasteiger partial charge on any atom is 0.268 e. The maximum atomic E-state index is 14.9. The number of amides is 2. The van der Waals surface area contributed by atoms with Crippen LogP contribution >= 0.6 is 11.6 Å². The van der Waals surface area contributed by atoms with Gasteiger partial charge in [0.05, 0.1) is 35.3 Å². The van der Waals surface area contributed by atoms with Gasteiger partial charge in [0, 0.05) is 36.0 Å². The van der Waals surface area contributed by atoms with Crippen LogP contribution in [0.2, 0.25) is 5.02 Å². The number of halogens is 3. The molecule has 39 heavy (non-hydrogen) atoms. The number of fused-ring (bicyclic) bond motifs is 1. The zero-order valence-corrected chi connectivity index (χ0v) is 22.1. The van der Waals surface area contributed by atoms with Crippen LogP contribution in [0.1, 0.15) is 52.9 Å². The molecule has 1 atom stereocenters. The Morgan fingerprint density at radius 1 is 1.15 bits per heavy atom. The van der Waals surface area contributed by atoms with Crippen molar-refractivity contribution in [3.63, 3.8) is 0 Å². The predicted molar refractivity (Wildman–Crippen MR) is 140 cm³/mol. The van der Waals surface area contributed by atoms with E-state index in [1.54, 1.807) is 13.0 Å². The number of aliphatic hydroxyl groups is 1. The van der Waals surface area contributed by atoms with Crippen LogP contribution in [-0.2, 0) is 10.4 Å². The molecule has 2 aromatic heterocycles. The number of hydrogen-bond acceptors (Lipinski definition) is 6. The highest BCUT2D eigenvalue weighted by atomic mass is 35.5. The minimum atomic E-state index is -2.36. The van der Waals surface area contributed by atoms with E-state index >= 15 is 0 Å². The van der Waals surface area contributed by atoms with E-state index in [4.69, 9.17) is 16.3 Å². The Balaban J connectivity index is 1.32. The third-order valence-corrected chi connectivity index (χ3v) is 7.75. The number of anilines is 1. The fourth-order valence-corrected chi connectivity index (χ4v) is 5.61. The molecule has 1 aromatic carbocycles. The van der Waals surface area contributed by atoms with Gasteiger partial charge in [-0.1, -0.05) is 17.7 Å². The third-order valence-electron chi connectivity index (χ3n) is 7.55. The van der Waals surface area contributed by atoms with Crippen LogP contribution in [0, 0.1) is 24.5 Å². The van der Waals surface area contributed by atoms with Gasteiger partial charge in [-0.3, -0.25) is 14.6 Å². The van der Waals surface area contributed by atoms with Gasteiger partial charge in [-0.25, -0.2) is 13.8 Å². The van der Waals surface area contributed by atoms with Crippen molar-refractivity contribution < 1.29 is 28.2 Å². The number of hydrogen-bond donors (Lipinski definition) is 2. The van der Waals surface area contributed by atoms with E-state index in [-0.39, 0.29) is 47.1 Å². The van der Waals surface area contributed by atoms with Gasteiger partial charge < -0.3 is 20.1 Å². The van der Waals surface area contributed by atoms with Gasteiger partial charge in [0.25, 0.3) is 11.8 Å². The fourth-order valence-electron chi connectivity index (χ4n) is 5.45. The molecule has 8 nitrogen and oxygen atoms in total. The second-order valence-corrected chi connectivity index (χ2v) is 10.4. The summed E-state index contributed by atoms with van der Waals surface area (Å²) in [6.45, 7) is 1.95. The van der Waals surface area contributed by atoms with E-state index in [0.29, 0.717) is 42.0 Å². The van der Waals surface area contributed by atoms with Gasteiger partial charge in [-0.2, -0.15) is 0 Å². The van der Waals surface area contributed by atoms with Gasteiger partial charge in [-0.15, -0.1) is 0 Å². The van der Waals surface area contributed by atoms with Crippen molar-refractivity contribution in [1.29, 1.82) is 0 Å². The van der Waals surface area contributed by atoms with E-state index < -0.39 is 23.1 Å². The highest BCUT2D eigenvalue weighted by molar-refractivity contribution is 6.30. The largest absolute Gasteiger partial charge is 0.481 e. The van der Waals surface area contributed by atoms with Crippen molar-refractivity contribution in [3.05, 3.63) is 81.8 Å². The standard InChI is InChI=1S/C28H27ClF2N4O4/c1-15-20(9-17(29)12-32-15)26(36)34-19-6-3-16(4-7-19)14-35-24-10-18(30)5-8-21(24)28(38,27(35)37)22-11-25(39-2)33-13-23(22)31/h5,8-13,16,19,38H,3-4,6-7,14H2,1-2H3,(H,34,36). The molecular formula is C28H27ClF2N4O4. The molecule has 0 bridgehead atoms. The number of carbonyl (C=O) groups is 2. The van der Waals surface area contributed by atoms with Crippen LogP contribution in [0.5, 0.6) is 5.88 Å². The van der Waals surface area contributed by atoms with Crippen molar-refractivity contribution >= 4 is 29.1 Å². The lowest BCUT2D eigenvalue weighted by molar-refractivity contribution is -0.132. The van der Waals surface area contributed by atoms with Gasteiger partial charge in [-0.05, 0) is 56.7 Å². The van der Waals surface area contributed by atoms with Gasteiger partial charge >= 0.3 is 0 Å². The quantitative estimate of drug-likeness (QED) is 0.469. The van der Waals surface area contributed by atoms with Crippen LogP contribution in [0.4, 0.5) is 14.5 Å². The summed E-state index contributed by atoms with van der Waals surface area (Å²) in [4.78, 5) is 35.7. The Hall–Kier alpha value is -3.63. The van der Waals surface area contributed by atoms with E-state index in [0.717, 1.165) is 12.3 Å². The van der Waals surface area contributed by atoms with E-state index in [2.05, 4.69) is 15.3 Å². The Kier molecular flexibility index (Phi) is 7.26. The molecule has 2 aliphatic rings. The molecule has 2 N–H and O–H groups in total. The molecule has 204 valence electrons. The molecule has 0 saturated heterocycles. The van der Waals surface area contributed by atoms with Crippen molar-refractivity contribution in [1.82, 2.24) is 15.3 Å². The molecule has 1 fully saturated rings. The minimum absolute atomic E-state index is 0.0203. The normalized spacial score (nSPS) is 22.5. The van der Waals surface area contributed by atoms with E-state index in [1.165, 1.54) is 36.4 Å². The summed E-state index contributed by atoms with van der Waals surface area (Å²) in [5.74, 6) is -2.43. The van der Waals surface area contributed by atoms with Gasteiger partial charge in [0.15, 0.2) is 5.60 Å². The number of aryl methyl sites for hydroxylation is 1. The first-order chi connectivity index (χ1) is 18.6. The predicted octanol–water partition coefficient (Wildman–Crippen LogP) is 4.30. The van der Waals surface area contributed by atoms with E-state index in [1.807, 2.05) is 0 Å². The minimum Gasteiger partial charge on any atom is -0.481 e. The molecule has 3 aromatic rings. The van der Waals surface area contributed by atoms with Crippen LogP contribution in [-0.4, -0.2) is 46.6 Å². The molecule has 0 spiro atoms. The second-order valence-electron chi connectivity index (χ2n) is 9.97. The van der Waals surface area contributed by atoms with Gasteiger partial charge in [0.2, 0.25) is 5.88 Å². The Morgan fingerprint density at radius 3 is 2.62 bits per heavy atom. The molecule has 5 rings (SSSR count). The van der Waals surface area contributed by atoms with Crippen molar-refractivity contribution in [3.8, 4) is 5.88 Å². The van der Waals surface area contributed by atoms with Crippen molar-refractivity contribution in [2.75, 3.05) is 18.6 Å². The summed E-state index contributed by atoms with van der Waals surface area (Å²) in [6, 6.07) is 6.30. The number of benzene rings is 1. The maximum absolute atomic E-state index is 14.9. The van der Waals surface area contributed by atoms with Crippen LogP contribution < -0.4 is 15.0 Å². The number of aromatic nitrogens is 2. The Morgan fingerprint density at radius 2 is 1.90 bits per heavy atom. The average molecular weight is 557 g/mol. The summed E-state index contributed by atoms with van der Waals surface area (Å²) >= 11 is 6.00. The number of carbonyl (C=O) groups excluding carboxylic acids is 2. The average Bonchev–Trinajstić information content (AvgIpc) is 3.13. The number of rotatable bonds is 6. The number of nitrogens with one attached hydrogen (secondary N) is 1. The lowest BCUT2D eigenvalue weighted by atomic mass is 9.85. The first-order valence-corrected chi connectivity index (χ1v) is 13.0. The SMILES string of the molecule is COc1cc(C2(O)C(=O)N(CC3CCC(NC(=O)c4cc(Cl)cnc4C)CC3)c3cc(F)ccc32)c(F)cn1. The lowest BCUT2D eigenvalue weighted by Crippen LogP contribution is -2.45. The van der Waals surface area contributed by atoms with Crippen molar-refractivity contribution in [2.24, 2.45) is 5.92 Å². The summed E-state index contributed by atoms with van der Waals surface area (Å²) in [7, 11) is 1.34. The Labute approximate surface area is 229 Å². The molecule has 1 aliphatic heterocycles. The molecular weight excluding hydrogens is 530 g/mol. The second kappa shape index (κ2) is 10.5. The molecule has 1 unspecified atom stereocenters. The number of pyridine rings is 2. The summed E-state index contributed by atoms with van der Waals surface area (Å²) in [5, 5.41) is 15.1. The Bertz CT molecular complexity index is 1450. The fraction of sp³-hybridized carbons (Fsp3) is 0.357. The number of ether oxygens (including phenoxy) is 1. The smallest absolute Gasteiger partial charge is 0.268 e. The van der Waals surface area contributed by atoms with Crippen LogP contribution in [0.3, 0.4) is 0 Å². The third kappa shape index (κ3) is 4.94. The first kappa shape index (κ1) is 27.0. The molecule has 11 heteroatoms. The molecule has 2 amide bonds.